The van der Waals surface area contributed by atoms with E-state index in [2.05, 4.69) is 18.6 Å². The van der Waals surface area contributed by atoms with Crippen molar-refractivity contribution in [3.8, 4) is 0 Å². The molecule has 2 N–H and O–H groups in total. The largest absolute Gasteiger partial charge is 0.508 e. The number of ether oxygens (including phenoxy) is 5. The summed E-state index contributed by atoms with van der Waals surface area (Å²) < 4.78 is 53.9. The number of rotatable bonds is 31. The summed E-state index contributed by atoms with van der Waals surface area (Å²) in [5.41, 5.74) is 6.00. The zero-order valence-electron chi connectivity index (χ0n) is 30.1. The zero-order chi connectivity index (χ0) is 35.7. The first-order chi connectivity index (χ1) is 23.2. The first kappa shape index (κ1) is 45.4. The molecule has 0 amide bonds. The maximum Gasteiger partial charge on any atom is 0.508 e. The van der Waals surface area contributed by atoms with Crippen molar-refractivity contribution < 1.29 is 51.7 Å². The van der Waals surface area contributed by atoms with E-state index in [1.165, 1.54) is 50.5 Å². The van der Waals surface area contributed by atoms with Gasteiger partial charge in [-0.05, 0) is 44.9 Å². The highest BCUT2D eigenvalue weighted by molar-refractivity contribution is 7.52. The molecule has 0 unspecified atom stereocenters. The molecule has 0 aliphatic carbocycles. The summed E-state index contributed by atoms with van der Waals surface area (Å²) in [4.78, 5) is 36.8. The van der Waals surface area contributed by atoms with Gasteiger partial charge in [-0.3, -0.25) is 13.8 Å². The Hall–Kier alpha value is -2.57. The molecule has 0 spiro atoms. The van der Waals surface area contributed by atoms with Gasteiger partial charge in [-0.2, -0.15) is 0 Å². The van der Waals surface area contributed by atoms with Gasteiger partial charge in [0.2, 0.25) is 5.96 Å². The summed E-state index contributed by atoms with van der Waals surface area (Å²) in [6.45, 7) is 7.13. The fourth-order valence-electron chi connectivity index (χ4n) is 4.07. The van der Waals surface area contributed by atoms with Crippen molar-refractivity contribution in [2.75, 3.05) is 59.8 Å². The van der Waals surface area contributed by atoms with E-state index in [0.717, 1.165) is 38.5 Å². The highest BCUT2D eigenvalue weighted by Gasteiger charge is 2.26. The average molecular weight is 710 g/mol. The van der Waals surface area contributed by atoms with Crippen LogP contribution in [-0.2, 0) is 42.1 Å². The Kier molecular flexibility index (Phi) is 30.0. The van der Waals surface area contributed by atoms with Gasteiger partial charge in [0.1, 0.15) is 6.54 Å². The summed E-state index contributed by atoms with van der Waals surface area (Å²) in [6.07, 6.45) is 14.0. The second kappa shape index (κ2) is 31.7. The fraction of sp³-hybridized carbons (Fsp3) is 0.879. The Morgan fingerprint density at radius 3 is 1.33 bits per heavy atom. The molecule has 48 heavy (non-hydrogen) atoms. The third-order valence-electron chi connectivity index (χ3n) is 6.91. The van der Waals surface area contributed by atoms with E-state index in [-0.39, 0.29) is 45.5 Å². The van der Waals surface area contributed by atoms with Crippen molar-refractivity contribution in [1.29, 1.82) is 0 Å². The van der Waals surface area contributed by atoms with Gasteiger partial charge in [0.25, 0.3) is 0 Å². The van der Waals surface area contributed by atoms with E-state index in [4.69, 9.17) is 38.5 Å². The molecule has 0 aromatic carbocycles. The molecule has 0 radical (unpaired) electrons. The number of nitrogens with two attached hydrogens (primary N) is 1. The number of hydrogen-bond acceptors (Lipinski definition) is 11. The summed E-state index contributed by atoms with van der Waals surface area (Å²) in [7, 11) is -2.58. The number of hydrogen-bond donors (Lipinski definition) is 1. The van der Waals surface area contributed by atoms with Crippen LogP contribution in [0.15, 0.2) is 4.76 Å². The first-order valence-electron chi connectivity index (χ1n) is 17.9. The van der Waals surface area contributed by atoms with E-state index in [0.29, 0.717) is 45.3 Å². The Labute approximate surface area is 288 Å². The van der Waals surface area contributed by atoms with Gasteiger partial charge in [0, 0.05) is 7.05 Å². The molecule has 0 bridgehead atoms. The SMILES string of the molecule is CCCCCCCCOC(=O)OCCCCOP(=O)(N=C(N)N(C)CC(=O)OCCC)OCCCCOC(=O)OCCCCCCCC. The number of nitrogens with zero attached hydrogens (tertiary/aromatic N) is 2. The number of unbranched alkanes of at least 4 members (excludes halogenated alkanes) is 12. The van der Waals surface area contributed by atoms with Gasteiger partial charge in [0.15, 0.2) is 0 Å². The molecule has 0 atom stereocenters. The predicted octanol–water partition coefficient (Wildman–Crippen LogP) is 7.92. The van der Waals surface area contributed by atoms with Crippen LogP contribution in [-0.4, -0.2) is 89.0 Å². The second-order valence-corrected chi connectivity index (χ2v) is 13.2. The first-order valence-corrected chi connectivity index (χ1v) is 19.4. The highest BCUT2D eigenvalue weighted by Crippen LogP contribution is 2.50. The monoisotopic (exact) mass is 709 g/mol. The van der Waals surface area contributed by atoms with Gasteiger partial charge >= 0.3 is 26.0 Å². The molecule has 0 saturated heterocycles. The van der Waals surface area contributed by atoms with Crippen molar-refractivity contribution in [3.05, 3.63) is 0 Å². The predicted molar refractivity (Wildman–Crippen MR) is 185 cm³/mol. The van der Waals surface area contributed by atoms with Crippen LogP contribution in [0.25, 0.3) is 0 Å². The number of carbonyl (C=O) groups excluding carboxylic acids is 3. The van der Waals surface area contributed by atoms with Crippen LogP contribution in [0.5, 0.6) is 0 Å². The van der Waals surface area contributed by atoms with Gasteiger partial charge in [0.05, 0.1) is 46.2 Å². The molecule has 0 aliphatic rings. The van der Waals surface area contributed by atoms with E-state index in [1.54, 1.807) is 0 Å². The van der Waals surface area contributed by atoms with Gasteiger partial charge in [-0.15, -0.1) is 4.76 Å². The number of carbonyl (C=O) groups is 3. The summed E-state index contributed by atoms with van der Waals surface area (Å²) in [5, 5.41) is 0. The summed E-state index contributed by atoms with van der Waals surface area (Å²) >= 11 is 0. The van der Waals surface area contributed by atoms with Gasteiger partial charge in [-0.1, -0.05) is 85.0 Å². The van der Waals surface area contributed by atoms with Gasteiger partial charge in [-0.25, -0.2) is 14.2 Å². The van der Waals surface area contributed by atoms with Crippen LogP contribution in [0, 0.1) is 0 Å². The van der Waals surface area contributed by atoms with Crippen LogP contribution >= 0.6 is 7.75 Å². The minimum Gasteiger partial charge on any atom is -0.464 e. The third-order valence-corrected chi connectivity index (χ3v) is 8.38. The lowest BCUT2D eigenvalue weighted by atomic mass is 10.1. The Morgan fingerprint density at radius 2 is 0.917 bits per heavy atom. The quantitative estimate of drug-likeness (QED) is 0.0184. The minimum absolute atomic E-state index is 0.0139. The molecule has 282 valence electrons. The van der Waals surface area contributed by atoms with Crippen molar-refractivity contribution in [2.24, 2.45) is 10.5 Å². The number of likely N-dealkylation sites (N-methyl/N-ethyl adjacent to an activating group) is 1. The topological polar surface area (TPSA) is 175 Å². The summed E-state index contributed by atoms with van der Waals surface area (Å²) in [5.74, 6) is -0.732. The second-order valence-electron chi connectivity index (χ2n) is 11.5. The molecule has 15 heteroatoms. The Balaban J connectivity index is 4.60. The van der Waals surface area contributed by atoms with E-state index in [1.807, 2.05) is 6.92 Å². The number of guanidine groups is 1. The molecule has 0 aromatic rings. The molecule has 0 heterocycles. The molecular weight excluding hydrogens is 645 g/mol. The maximum atomic E-state index is 13.5. The van der Waals surface area contributed by atoms with Crippen molar-refractivity contribution in [1.82, 2.24) is 4.90 Å². The average Bonchev–Trinajstić information content (AvgIpc) is 3.06. The molecule has 0 rings (SSSR count). The van der Waals surface area contributed by atoms with Crippen molar-refractivity contribution in [2.45, 2.75) is 130 Å². The van der Waals surface area contributed by atoms with Crippen LogP contribution < -0.4 is 5.73 Å². The molecule has 0 saturated carbocycles. The van der Waals surface area contributed by atoms with E-state index < -0.39 is 26.0 Å². The highest BCUT2D eigenvalue weighted by atomic mass is 31.2. The van der Waals surface area contributed by atoms with Crippen LogP contribution in [0.1, 0.15) is 130 Å². The van der Waals surface area contributed by atoms with Crippen LogP contribution in [0.2, 0.25) is 0 Å². The fourth-order valence-corrected chi connectivity index (χ4v) is 5.38. The normalized spacial score (nSPS) is 11.6. The lowest BCUT2D eigenvalue weighted by Gasteiger charge is -2.20. The molecule has 14 nitrogen and oxygen atoms in total. The maximum absolute atomic E-state index is 13.5. The summed E-state index contributed by atoms with van der Waals surface area (Å²) in [6, 6.07) is 0. The molecular formula is C33H64N3O11P. The smallest absolute Gasteiger partial charge is 0.464 e. The van der Waals surface area contributed by atoms with Crippen molar-refractivity contribution >= 4 is 32.0 Å². The Morgan fingerprint density at radius 1 is 0.542 bits per heavy atom. The van der Waals surface area contributed by atoms with Crippen LogP contribution in [0.4, 0.5) is 9.59 Å². The molecule has 0 fully saturated rings. The van der Waals surface area contributed by atoms with E-state index >= 15 is 0 Å². The van der Waals surface area contributed by atoms with Crippen molar-refractivity contribution in [3.63, 3.8) is 0 Å². The van der Waals surface area contributed by atoms with Crippen LogP contribution in [0.3, 0.4) is 0 Å². The lowest BCUT2D eigenvalue weighted by molar-refractivity contribution is -0.143. The third kappa shape index (κ3) is 28.4. The van der Waals surface area contributed by atoms with E-state index in [9.17, 15) is 18.9 Å². The molecule has 0 aliphatic heterocycles. The Bertz CT molecular complexity index is 862. The zero-order valence-corrected chi connectivity index (χ0v) is 31.0. The lowest BCUT2D eigenvalue weighted by Crippen LogP contribution is -2.38. The molecule has 0 aromatic heterocycles. The van der Waals surface area contributed by atoms with Gasteiger partial charge < -0.3 is 34.3 Å². The number of esters is 1. The standard InChI is InChI=1S/C33H64N3O11P/c1-5-8-10-12-14-16-23-42-32(38)44-25-18-20-27-46-48(40,35-31(34)36(4)29-30(37)41-22-7-3)47-28-21-19-26-45-33(39)43-24-17-15-13-11-9-6-2/h5-29H2,1-4H3,(H2,34,35,40). The minimum atomic E-state index is -4.08.